The zero-order valence-corrected chi connectivity index (χ0v) is 67.0. The third-order valence-electron chi connectivity index (χ3n) is 21.3. The van der Waals surface area contributed by atoms with E-state index in [-0.39, 0.29) is 15.9 Å². The second-order valence-corrected chi connectivity index (χ2v) is 32.4. The van der Waals surface area contributed by atoms with Crippen LogP contribution in [-0.2, 0) is 0 Å². The molecular formula is C101H58Cl3N11S3. The van der Waals surface area contributed by atoms with Gasteiger partial charge in [0, 0.05) is 110 Å². The first kappa shape index (κ1) is 71.9. The Bertz CT molecular complexity index is 7830. The quantitative estimate of drug-likeness (QED) is 0.121. The van der Waals surface area contributed by atoms with E-state index in [9.17, 15) is 0 Å². The van der Waals surface area contributed by atoms with E-state index in [0.717, 1.165) is 95.9 Å². The molecule has 0 aliphatic carbocycles. The molecule has 0 unspecified atom stereocenters. The van der Waals surface area contributed by atoms with E-state index in [4.69, 9.17) is 59.7 Å². The van der Waals surface area contributed by atoms with Gasteiger partial charge in [-0.3, -0.25) is 0 Å². The molecule has 556 valence electrons. The zero-order valence-electron chi connectivity index (χ0n) is 62.3. The summed E-state index contributed by atoms with van der Waals surface area (Å²) in [5.74, 6) is 3.40. The van der Waals surface area contributed by atoms with E-state index in [2.05, 4.69) is 279 Å². The normalized spacial score (nSPS) is 11.5. The highest BCUT2D eigenvalue weighted by Crippen LogP contribution is 2.49. The lowest BCUT2D eigenvalue weighted by atomic mass is 9.93. The van der Waals surface area contributed by atoms with Crippen molar-refractivity contribution in [2.45, 2.75) is 0 Å². The van der Waals surface area contributed by atoms with Crippen molar-refractivity contribution in [2.75, 3.05) is 0 Å². The van der Waals surface area contributed by atoms with Crippen LogP contribution in [0.5, 0.6) is 0 Å². The number of hydrogen-bond acceptors (Lipinski definition) is 14. The maximum absolute atomic E-state index is 6.46. The highest BCUT2D eigenvalue weighted by Gasteiger charge is 2.24. The van der Waals surface area contributed by atoms with Crippen LogP contribution in [0.4, 0.5) is 0 Å². The van der Waals surface area contributed by atoms with Crippen LogP contribution in [0.2, 0.25) is 15.9 Å². The van der Waals surface area contributed by atoms with Gasteiger partial charge in [-0.2, -0.15) is 29.9 Å². The molecular weight excluding hydrogens is 1570 g/mol. The van der Waals surface area contributed by atoms with Gasteiger partial charge in [-0.1, -0.05) is 303 Å². The van der Waals surface area contributed by atoms with Crippen LogP contribution in [0.15, 0.2) is 352 Å². The van der Waals surface area contributed by atoms with Crippen molar-refractivity contribution in [3.8, 4) is 113 Å². The molecule has 0 aliphatic heterocycles. The fourth-order valence-corrected chi connectivity index (χ4v) is 20.3. The average molecular weight is 1630 g/mol. The Morgan fingerprint density at radius 3 is 1.08 bits per heavy atom. The summed E-state index contributed by atoms with van der Waals surface area (Å²) in [6.45, 7) is 0. The SMILES string of the molecule is Clc1nc(-c2ccccc2)nc(-c2cccc3c2sc2c(-c4ncnc5c6ccccc6c6ccccc6c45)cccc23)n1.Clc1nc(-c2ccccc2)nc(-c2cccc3c2sc2cc(-c4cccc(-c5ccccc5)c4)c4ccccc4c23)n1.Clc1nc(-c2ccccc2)nc(-c2cccc3c2sc2ccc(-c4ccccc4)cc23)n1. The molecule has 16 aromatic carbocycles. The summed E-state index contributed by atoms with van der Waals surface area (Å²) in [5, 5.41) is 15.9. The topological polar surface area (TPSA) is 142 Å². The molecule has 23 rings (SSSR count). The highest BCUT2D eigenvalue weighted by molar-refractivity contribution is 7.27. The summed E-state index contributed by atoms with van der Waals surface area (Å²) >= 11 is 24.5. The zero-order chi connectivity index (χ0) is 78.7. The molecule has 7 heterocycles. The van der Waals surface area contributed by atoms with E-state index >= 15 is 0 Å². The van der Waals surface area contributed by atoms with Crippen molar-refractivity contribution in [2.24, 2.45) is 0 Å². The minimum absolute atomic E-state index is 0.166. The van der Waals surface area contributed by atoms with Crippen molar-refractivity contribution in [3.63, 3.8) is 0 Å². The van der Waals surface area contributed by atoms with E-state index < -0.39 is 0 Å². The van der Waals surface area contributed by atoms with Gasteiger partial charge in [0.15, 0.2) is 34.9 Å². The Morgan fingerprint density at radius 2 is 0.551 bits per heavy atom. The molecule has 0 atom stereocenters. The Labute approximate surface area is 702 Å². The number of rotatable bonds is 10. The molecule has 0 radical (unpaired) electrons. The van der Waals surface area contributed by atoms with Gasteiger partial charge in [0.25, 0.3) is 0 Å². The van der Waals surface area contributed by atoms with Gasteiger partial charge in [-0.05, 0) is 138 Å². The summed E-state index contributed by atoms with van der Waals surface area (Å²) in [4.78, 5) is 51.0. The summed E-state index contributed by atoms with van der Waals surface area (Å²) in [7, 11) is 0. The maximum atomic E-state index is 6.46. The number of halogens is 3. The molecule has 0 bridgehead atoms. The van der Waals surface area contributed by atoms with Gasteiger partial charge in [0.05, 0.1) is 11.2 Å². The summed E-state index contributed by atoms with van der Waals surface area (Å²) < 4.78 is 6.97. The minimum atomic E-state index is 0.166. The third kappa shape index (κ3) is 13.3. The molecule has 11 nitrogen and oxygen atoms in total. The Morgan fingerprint density at radius 1 is 0.195 bits per heavy atom. The maximum Gasteiger partial charge on any atom is 0.226 e. The predicted molar refractivity (Wildman–Crippen MR) is 493 cm³/mol. The predicted octanol–water partition coefficient (Wildman–Crippen LogP) is 28.8. The van der Waals surface area contributed by atoms with Gasteiger partial charge in [0.1, 0.15) is 6.33 Å². The van der Waals surface area contributed by atoms with Gasteiger partial charge < -0.3 is 0 Å². The van der Waals surface area contributed by atoms with Crippen molar-refractivity contribution < 1.29 is 0 Å². The summed E-state index contributed by atoms with van der Waals surface area (Å²) in [6.07, 6.45) is 1.69. The van der Waals surface area contributed by atoms with Crippen LogP contribution in [0.25, 0.3) is 217 Å². The lowest BCUT2D eigenvalue weighted by molar-refractivity contribution is 1.07. The number of aromatic nitrogens is 11. The van der Waals surface area contributed by atoms with Crippen molar-refractivity contribution >= 4 is 173 Å². The number of hydrogen-bond donors (Lipinski definition) is 0. The first-order valence-electron chi connectivity index (χ1n) is 38.2. The van der Waals surface area contributed by atoms with E-state index in [1.807, 2.05) is 97.1 Å². The van der Waals surface area contributed by atoms with Gasteiger partial charge in [-0.15, -0.1) is 34.0 Å². The molecule has 0 saturated carbocycles. The summed E-state index contributed by atoms with van der Waals surface area (Å²) in [6, 6.07) is 119. The van der Waals surface area contributed by atoms with Gasteiger partial charge in [-0.25, -0.2) is 24.9 Å². The molecule has 0 amide bonds. The Kier molecular flexibility index (Phi) is 18.8. The molecule has 23 aromatic rings. The third-order valence-corrected chi connectivity index (χ3v) is 25.5. The Hall–Kier alpha value is -13.8. The molecule has 0 saturated heterocycles. The number of nitrogens with zero attached hydrogens (tertiary/aromatic N) is 11. The van der Waals surface area contributed by atoms with Crippen LogP contribution >= 0.6 is 68.8 Å². The summed E-state index contributed by atoms with van der Waals surface area (Å²) in [5.41, 5.74) is 15.7. The van der Waals surface area contributed by atoms with Crippen LogP contribution in [-0.4, -0.2) is 54.8 Å². The minimum Gasteiger partial charge on any atom is -0.236 e. The second kappa shape index (κ2) is 30.8. The molecule has 0 aliphatic rings. The van der Waals surface area contributed by atoms with Crippen molar-refractivity contribution in [1.29, 1.82) is 0 Å². The van der Waals surface area contributed by atoms with E-state index in [1.54, 1.807) is 40.3 Å². The molecule has 0 fully saturated rings. The van der Waals surface area contributed by atoms with Crippen LogP contribution in [0.1, 0.15) is 0 Å². The average Bonchev–Trinajstić information content (AvgIpc) is 1.11. The lowest BCUT2D eigenvalue weighted by Gasteiger charge is -2.13. The standard InChI is InChI=1S/C37H20ClN5S.C37H22ClN3S.C27H16ClN3S/c38-37-42-35(21-10-2-1-3-11-21)41-36(43-37)29-19-9-17-27-26-16-8-18-28(33(26)44-34(27)29)32-30-24-14-6-4-12-22(24)23-13-5-7-15-25(23)31(30)39-20-40-32;38-37-40-35(24-13-5-2-6-14-24)39-36(41-37)30-20-10-19-29-33-28-18-8-7-17-27(28)31(22-32(33)42-34(29)30)26-16-9-15-25(21-26)23-11-3-1-4-12-23;28-27-30-25(18-10-5-2-6-11-18)29-26(31-27)21-13-7-12-20-22-16-19(17-8-3-1-4-9-17)14-15-23(22)32-24(20)21/h1-20H;1-22H;1-16H. The number of benzene rings is 16. The van der Waals surface area contributed by atoms with E-state index in [1.165, 1.54) is 85.9 Å². The number of fused-ring (bicyclic) bond motifs is 17. The van der Waals surface area contributed by atoms with Crippen LogP contribution in [0.3, 0.4) is 0 Å². The van der Waals surface area contributed by atoms with Crippen LogP contribution < -0.4 is 0 Å². The fourth-order valence-electron chi connectivity index (χ4n) is 16.0. The second-order valence-electron chi connectivity index (χ2n) is 28.3. The van der Waals surface area contributed by atoms with Gasteiger partial charge in [0.2, 0.25) is 15.9 Å². The lowest BCUT2D eigenvalue weighted by Crippen LogP contribution is -1.97. The molecule has 17 heteroatoms. The van der Waals surface area contributed by atoms with Gasteiger partial charge >= 0.3 is 0 Å². The van der Waals surface area contributed by atoms with Crippen molar-refractivity contribution in [3.05, 3.63) is 368 Å². The Balaban J connectivity index is 0.000000112. The molecule has 118 heavy (non-hydrogen) atoms. The first-order chi connectivity index (χ1) is 58.2. The first-order valence-corrected chi connectivity index (χ1v) is 41.8. The fraction of sp³-hybridized carbons (Fsp3) is 0. The smallest absolute Gasteiger partial charge is 0.226 e. The number of thiophene rings is 3. The molecule has 7 aromatic heterocycles. The van der Waals surface area contributed by atoms with Crippen LogP contribution in [0, 0.1) is 0 Å². The van der Waals surface area contributed by atoms with Crippen molar-refractivity contribution in [1.82, 2.24) is 54.8 Å². The molecule has 0 N–H and O–H groups in total. The highest BCUT2D eigenvalue weighted by atomic mass is 35.5. The van der Waals surface area contributed by atoms with E-state index in [0.29, 0.717) is 34.9 Å². The largest absolute Gasteiger partial charge is 0.236 e. The molecule has 0 spiro atoms. The monoisotopic (exact) mass is 1630 g/mol.